The predicted molar refractivity (Wildman–Crippen MR) is 115 cm³/mol. The first-order valence-electron chi connectivity index (χ1n) is 10.9. The molecule has 3 aromatic heterocycles. The van der Waals surface area contributed by atoms with Crippen LogP contribution in [0.2, 0.25) is 0 Å². The number of aromatic nitrogens is 5. The highest BCUT2D eigenvalue weighted by molar-refractivity contribution is 5.80. The van der Waals surface area contributed by atoms with Crippen molar-refractivity contribution in [2.45, 2.75) is 50.5 Å². The molecule has 8 nitrogen and oxygen atoms in total. The van der Waals surface area contributed by atoms with Crippen molar-refractivity contribution >= 4 is 16.7 Å². The summed E-state index contributed by atoms with van der Waals surface area (Å²) in [6, 6.07) is 6.51. The minimum atomic E-state index is -0.704. The summed E-state index contributed by atoms with van der Waals surface area (Å²) in [6.07, 6.45) is 9.25. The molecule has 6 rings (SSSR count). The van der Waals surface area contributed by atoms with Gasteiger partial charge in [-0.2, -0.15) is 10.4 Å². The molecule has 8 heteroatoms. The van der Waals surface area contributed by atoms with Crippen molar-refractivity contribution in [3.8, 4) is 11.9 Å². The van der Waals surface area contributed by atoms with Gasteiger partial charge in [-0.1, -0.05) is 0 Å². The molecule has 0 bridgehead atoms. The van der Waals surface area contributed by atoms with Gasteiger partial charge in [0.05, 0.1) is 29.1 Å². The summed E-state index contributed by atoms with van der Waals surface area (Å²) in [5.74, 6) is 1.73. The van der Waals surface area contributed by atoms with Crippen molar-refractivity contribution in [3.05, 3.63) is 36.5 Å². The minimum Gasteiger partial charge on any atom is -0.390 e. The van der Waals surface area contributed by atoms with Gasteiger partial charge >= 0.3 is 0 Å². The van der Waals surface area contributed by atoms with E-state index in [1.807, 2.05) is 36.9 Å². The van der Waals surface area contributed by atoms with Gasteiger partial charge in [-0.25, -0.2) is 14.6 Å². The molecule has 1 saturated heterocycles. The second kappa shape index (κ2) is 6.01. The van der Waals surface area contributed by atoms with Crippen molar-refractivity contribution in [2.24, 2.45) is 11.3 Å². The van der Waals surface area contributed by atoms with Crippen LogP contribution in [0.25, 0.3) is 16.7 Å². The molecule has 0 aromatic carbocycles. The molecule has 0 amide bonds. The molecule has 158 valence electrons. The van der Waals surface area contributed by atoms with Crippen molar-refractivity contribution < 1.29 is 5.11 Å². The maximum atomic E-state index is 10.4. The van der Waals surface area contributed by atoms with Crippen molar-refractivity contribution in [2.75, 3.05) is 18.0 Å². The molecular weight excluding hydrogens is 390 g/mol. The van der Waals surface area contributed by atoms with Crippen LogP contribution in [0.5, 0.6) is 0 Å². The van der Waals surface area contributed by atoms with E-state index in [1.54, 1.807) is 12.5 Å². The molecule has 0 unspecified atom stereocenters. The molecule has 1 N–H and O–H groups in total. The number of hydrogen-bond donors (Lipinski definition) is 1. The number of nitriles is 1. The minimum absolute atomic E-state index is 0.169. The summed E-state index contributed by atoms with van der Waals surface area (Å²) in [5.41, 5.74) is 0.785. The molecule has 4 heterocycles. The Balaban J connectivity index is 1.35. The third-order valence-electron chi connectivity index (χ3n) is 7.68. The van der Waals surface area contributed by atoms with Gasteiger partial charge < -0.3 is 10.0 Å². The van der Waals surface area contributed by atoms with Gasteiger partial charge in [0.1, 0.15) is 17.6 Å². The number of nitrogens with zero attached hydrogens (tertiary/aromatic N) is 7. The second-order valence-electron chi connectivity index (χ2n) is 9.98. The first-order chi connectivity index (χ1) is 14.9. The van der Waals surface area contributed by atoms with E-state index >= 15 is 0 Å². The Labute approximate surface area is 180 Å². The Kier molecular flexibility index (Phi) is 3.63. The fourth-order valence-corrected chi connectivity index (χ4v) is 5.30. The molecular formula is C23H25N7O. The highest BCUT2D eigenvalue weighted by atomic mass is 16.3. The molecule has 1 aliphatic heterocycles. The van der Waals surface area contributed by atoms with E-state index in [1.165, 1.54) is 0 Å². The summed E-state index contributed by atoms with van der Waals surface area (Å²) in [7, 11) is 0. The molecule has 2 aliphatic carbocycles. The molecule has 2 saturated carbocycles. The van der Waals surface area contributed by atoms with Crippen molar-refractivity contribution in [1.29, 1.82) is 5.26 Å². The highest BCUT2D eigenvalue weighted by Gasteiger charge is 2.76. The largest absolute Gasteiger partial charge is 0.390 e. The molecule has 2 atom stereocenters. The van der Waals surface area contributed by atoms with Crippen molar-refractivity contribution in [3.63, 3.8) is 0 Å². The summed E-state index contributed by atoms with van der Waals surface area (Å²) in [6.45, 7) is 5.36. The number of hydrogen-bond acceptors (Lipinski definition) is 7. The van der Waals surface area contributed by atoms with Crippen LogP contribution in [0.1, 0.15) is 45.2 Å². The maximum Gasteiger partial charge on any atom is 0.159 e. The average molecular weight is 416 g/mol. The molecule has 0 radical (unpaired) electrons. The third kappa shape index (κ3) is 2.69. The normalized spacial score (nSPS) is 26.4. The van der Waals surface area contributed by atoms with E-state index in [-0.39, 0.29) is 11.3 Å². The van der Waals surface area contributed by atoms with Crippen LogP contribution >= 0.6 is 0 Å². The van der Waals surface area contributed by atoms with Gasteiger partial charge in [-0.05, 0) is 51.0 Å². The van der Waals surface area contributed by atoms with Gasteiger partial charge in [0.2, 0.25) is 0 Å². The smallest absolute Gasteiger partial charge is 0.159 e. The van der Waals surface area contributed by atoms with E-state index in [9.17, 15) is 10.4 Å². The zero-order valence-corrected chi connectivity index (χ0v) is 17.8. The Morgan fingerprint density at radius 1 is 1.16 bits per heavy atom. The average Bonchev–Trinajstić information content (AvgIpc) is 3.50. The lowest BCUT2D eigenvalue weighted by atomic mass is 9.90. The number of pyridine rings is 1. The lowest BCUT2D eigenvalue weighted by molar-refractivity contribution is 0.0263. The topological polar surface area (TPSA) is 104 Å². The zero-order chi connectivity index (χ0) is 21.4. The number of aliphatic hydroxyl groups is 1. The lowest BCUT2D eigenvalue weighted by Crippen LogP contribution is -2.33. The van der Waals surface area contributed by atoms with Gasteiger partial charge in [0.25, 0.3) is 0 Å². The van der Waals surface area contributed by atoms with Crippen LogP contribution in [0.4, 0.5) is 5.82 Å². The summed E-state index contributed by atoms with van der Waals surface area (Å²) < 4.78 is 1.81. The van der Waals surface area contributed by atoms with Gasteiger partial charge in [-0.15, -0.1) is 0 Å². The van der Waals surface area contributed by atoms with Crippen LogP contribution in [0.3, 0.4) is 0 Å². The summed E-state index contributed by atoms with van der Waals surface area (Å²) in [5, 5.41) is 25.7. The Morgan fingerprint density at radius 3 is 2.65 bits per heavy atom. The number of rotatable bonds is 4. The standard InChI is InChI=1S/C23H25N7O/c1-21(2,31)16-3-6-29(11-16)19-8-20(27-14-26-19)30-17-7-18(25-9-15(17)10-28-30)23(13-24)12-22(23)4-5-22/h7-10,14,16,31H,3-6,11-12H2,1-2H3/t16-,23-/m1/s1. The summed E-state index contributed by atoms with van der Waals surface area (Å²) in [4.78, 5) is 15.8. The molecule has 3 fully saturated rings. The molecule has 3 aromatic rings. The SMILES string of the molecule is CC(C)(O)[C@@H]1CCN(c2cc(-n3ncc4cnc([C@]5(C#N)CC56CC6)cc43)ncn2)C1. The van der Waals surface area contributed by atoms with E-state index < -0.39 is 11.0 Å². The fourth-order valence-electron chi connectivity index (χ4n) is 5.30. The van der Waals surface area contributed by atoms with Crippen LogP contribution < -0.4 is 4.90 Å². The number of anilines is 1. The van der Waals surface area contributed by atoms with E-state index in [2.05, 4.69) is 31.0 Å². The zero-order valence-electron chi connectivity index (χ0n) is 17.8. The highest BCUT2D eigenvalue weighted by Crippen LogP contribution is 2.78. The Bertz CT molecular complexity index is 1230. The van der Waals surface area contributed by atoms with E-state index in [0.29, 0.717) is 5.82 Å². The monoisotopic (exact) mass is 415 g/mol. The predicted octanol–water partition coefficient (Wildman–Crippen LogP) is 2.75. The quantitative estimate of drug-likeness (QED) is 0.699. The van der Waals surface area contributed by atoms with E-state index in [4.69, 9.17) is 0 Å². The Hall–Kier alpha value is -3.05. The van der Waals surface area contributed by atoms with Crippen LogP contribution in [0.15, 0.2) is 30.9 Å². The van der Waals surface area contributed by atoms with Gasteiger partial charge in [0.15, 0.2) is 5.82 Å². The fraction of sp³-hybridized carbons (Fsp3) is 0.522. The maximum absolute atomic E-state index is 10.4. The molecule has 1 spiro atoms. The second-order valence-corrected chi connectivity index (χ2v) is 9.98. The molecule has 3 aliphatic rings. The van der Waals surface area contributed by atoms with Gasteiger partial charge in [0, 0.05) is 36.7 Å². The first kappa shape index (κ1) is 18.7. The van der Waals surface area contributed by atoms with Crippen LogP contribution in [0, 0.1) is 22.7 Å². The van der Waals surface area contributed by atoms with E-state index in [0.717, 1.165) is 61.2 Å². The van der Waals surface area contributed by atoms with Gasteiger partial charge in [-0.3, -0.25) is 4.98 Å². The van der Waals surface area contributed by atoms with Crippen LogP contribution in [-0.4, -0.2) is 48.5 Å². The third-order valence-corrected chi connectivity index (χ3v) is 7.68. The lowest BCUT2D eigenvalue weighted by Gasteiger charge is -2.25. The van der Waals surface area contributed by atoms with Crippen molar-refractivity contribution in [1.82, 2.24) is 24.7 Å². The first-order valence-corrected chi connectivity index (χ1v) is 10.9. The summed E-state index contributed by atoms with van der Waals surface area (Å²) >= 11 is 0. The molecule has 31 heavy (non-hydrogen) atoms. The Morgan fingerprint density at radius 2 is 1.97 bits per heavy atom. The number of fused-ring (bicyclic) bond motifs is 1. The van der Waals surface area contributed by atoms with Crippen LogP contribution in [-0.2, 0) is 5.41 Å².